The van der Waals surface area contributed by atoms with Crippen molar-refractivity contribution in [2.75, 3.05) is 20.0 Å². The van der Waals surface area contributed by atoms with Crippen molar-refractivity contribution in [3.8, 4) is 17.6 Å². The van der Waals surface area contributed by atoms with Gasteiger partial charge in [-0.25, -0.2) is 9.59 Å². The van der Waals surface area contributed by atoms with Crippen LogP contribution in [0.4, 0.5) is 0 Å². The number of benzene rings is 4. The minimum Gasteiger partial charge on any atom is -0.482 e. The number of carbonyl (C=O) groups is 2. The van der Waals surface area contributed by atoms with E-state index in [1.54, 1.807) is 19.1 Å². The van der Waals surface area contributed by atoms with Crippen LogP contribution in [0.5, 0.6) is 5.75 Å². The van der Waals surface area contributed by atoms with Gasteiger partial charge in [0.1, 0.15) is 18.1 Å². The molecule has 7 unspecified atom stereocenters. The number of aliphatic hydroxyl groups excluding tert-OH is 3. The molecule has 0 fully saturated rings. The van der Waals surface area contributed by atoms with Crippen LogP contribution >= 0.6 is 0 Å². The Morgan fingerprint density at radius 3 is 2.50 bits per heavy atom. The predicted molar refractivity (Wildman–Crippen MR) is 256 cm³/mol. The Kier molecular flexibility index (Phi) is 13.9. The molecule has 7 atom stereocenters. The fraction of sp³-hybridized carbons (Fsp3) is 0.386. The summed E-state index contributed by atoms with van der Waals surface area (Å²) in [4.78, 5) is 43.9. The summed E-state index contributed by atoms with van der Waals surface area (Å²) in [5.41, 5.74) is 6.37. The average molecular weight is 919 g/mol. The van der Waals surface area contributed by atoms with Crippen LogP contribution in [-0.2, 0) is 49.7 Å². The van der Waals surface area contributed by atoms with Gasteiger partial charge < -0.3 is 38.7 Å². The van der Waals surface area contributed by atoms with Gasteiger partial charge in [0.05, 0.1) is 25.2 Å². The first-order chi connectivity index (χ1) is 33.0. The van der Waals surface area contributed by atoms with Gasteiger partial charge in [-0.15, -0.1) is 0 Å². The van der Waals surface area contributed by atoms with Crippen LogP contribution in [0.15, 0.2) is 117 Å². The summed E-state index contributed by atoms with van der Waals surface area (Å²) < 4.78 is 31.6. The molecule has 0 spiro atoms. The molecule has 0 saturated heterocycles. The highest BCUT2D eigenvalue weighted by Gasteiger charge is 2.53. The number of rotatable bonds is 10. The maximum absolute atomic E-state index is 15.1. The van der Waals surface area contributed by atoms with Crippen molar-refractivity contribution in [1.82, 2.24) is 0 Å². The second-order valence-electron chi connectivity index (χ2n) is 19.0. The molecule has 5 aromatic rings. The minimum atomic E-state index is -1.36. The largest absolute Gasteiger partial charge is 0.482 e. The van der Waals surface area contributed by atoms with Gasteiger partial charge in [-0.3, -0.25) is 4.79 Å². The van der Waals surface area contributed by atoms with Gasteiger partial charge in [0, 0.05) is 53.7 Å². The van der Waals surface area contributed by atoms with Gasteiger partial charge in [-0.2, -0.15) is 0 Å². The SMILES string of the molecule is CC(C)=C1CCc2ccc3c(c2)CC#CCC2(C)Oc4ccc5c(CO)c(C(CCO)COCO)c(=O)oc5c4C(OC(=O)CC4CC(c5cccc(Cc6ccccc6)c5)C=CC34)C2OC1=O. The van der Waals surface area contributed by atoms with Crippen LogP contribution in [0.2, 0.25) is 0 Å². The Morgan fingerprint density at radius 2 is 1.72 bits per heavy atom. The van der Waals surface area contributed by atoms with E-state index in [0.29, 0.717) is 36.6 Å². The number of aliphatic hydroxyl groups is 3. The molecule has 68 heavy (non-hydrogen) atoms. The lowest BCUT2D eigenvalue weighted by atomic mass is 9.71. The fourth-order valence-corrected chi connectivity index (χ4v) is 10.8. The lowest BCUT2D eigenvalue weighted by Crippen LogP contribution is -2.54. The Morgan fingerprint density at radius 1 is 0.897 bits per heavy atom. The Balaban J connectivity index is 1.20. The summed E-state index contributed by atoms with van der Waals surface area (Å²) in [6.45, 7) is 3.90. The number of carbonyl (C=O) groups excluding carboxylic acids is 2. The maximum Gasteiger partial charge on any atom is 0.340 e. The molecule has 11 heteroatoms. The van der Waals surface area contributed by atoms with Crippen LogP contribution in [0.25, 0.3) is 11.0 Å². The Hall–Kier alpha value is -6.29. The zero-order chi connectivity index (χ0) is 47.5. The highest BCUT2D eigenvalue weighted by Crippen LogP contribution is 2.50. The van der Waals surface area contributed by atoms with Crippen LogP contribution in [0, 0.1) is 17.8 Å². The molecular formula is C57H58O11. The molecule has 0 radical (unpaired) electrons. The summed E-state index contributed by atoms with van der Waals surface area (Å²) in [5.74, 6) is 4.82. The van der Waals surface area contributed by atoms with Gasteiger partial charge in [-0.1, -0.05) is 102 Å². The third-order valence-electron chi connectivity index (χ3n) is 14.3. The van der Waals surface area contributed by atoms with E-state index in [0.717, 1.165) is 34.2 Å². The van der Waals surface area contributed by atoms with Crippen LogP contribution in [0.1, 0.15) is 127 Å². The smallest absolute Gasteiger partial charge is 0.340 e. The Bertz CT molecular complexity index is 2900. The van der Waals surface area contributed by atoms with Gasteiger partial charge >= 0.3 is 17.6 Å². The molecule has 9 rings (SSSR count). The molecule has 1 aromatic heterocycles. The number of ether oxygens (including phenoxy) is 4. The fourth-order valence-electron chi connectivity index (χ4n) is 10.8. The third kappa shape index (κ3) is 9.43. The van der Waals surface area contributed by atoms with Crippen molar-refractivity contribution >= 4 is 22.9 Å². The van der Waals surface area contributed by atoms with Crippen molar-refractivity contribution in [1.29, 1.82) is 0 Å². The van der Waals surface area contributed by atoms with E-state index in [2.05, 4.69) is 78.6 Å². The normalized spacial score (nSPS) is 23.7. The van der Waals surface area contributed by atoms with Crippen molar-refractivity contribution in [3.05, 3.63) is 169 Å². The zero-order valence-electron chi connectivity index (χ0n) is 38.8. The third-order valence-corrected chi connectivity index (χ3v) is 14.3. The van der Waals surface area contributed by atoms with E-state index >= 15 is 4.79 Å². The molecule has 3 aliphatic heterocycles. The topological polar surface area (TPSA) is 162 Å². The molecule has 4 heterocycles. The number of allylic oxidation sites excluding steroid dienone is 3. The number of esters is 2. The monoisotopic (exact) mass is 918 g/mol. The van der Waals surface area contributed by atoms with E-state index in [1.807, 2.05) is 32.0 Å². The van der Waals surface area contributed by atoms with E-state index in [1.165, 1.54) is 11.1 Å². The zero-order valence-corrected chi connectivity index (χ0v) is 38.8. The number of hydrogen-bond acceptors (Lipinski definition) is 11. The molecule has 5 bridgehead atoms. The number of fused-ring (bicyclic) bond motifs is 9. The van der Waals surface area contributed by atoms with Crippen LogP contribution < -0.4 is 10.4 Å². The summed E-state index contributed by atoms with van der Waals surface area (Å²) in [6, 6.07) is 28.8. The van der Waals surface area contributed by atoms with Crippen LogP contribution in [-0.4, -0.2) is 59.0 Å². The predicted octanol–water partition coefficient (Wildman–Crippen LogP) is 8.72. The molecule has 1 aliphatic carbocycles. The minimum absolute atomic E-state index is 0.00540. The first-order valence-corrected chi connectivity index (χ1v) is 23.7. The first-order valence-electron chi connectivity index (χ1n) is 23.7. The van der Waals surface area contributed by atoms with E-state index < -0.39 is 54.7 Å². The highest BCUT2D eigenvalue weighted by molar-refractivity contribution is 5.90. The molecule has 0 saturated carbocycles. The molecule has 3 N–H and O–H groups in total. The Labute approximate surface area is 396 Å². The van der Waals surface area contributed by atoms with Gasteiger partial charge in [-0.05, 0) is 110 Å². The summed E-state index contributed by atoms with van der Waals surface area (Å²) in [5, 5.41) is 30.7. The molecule has 4 aromatic carbocycles. The van der Waals surface area contributed by atoms with Gasteiger partial charge in [0.15, 0.2) is 17.8 Å². The summed E-state index contributed by atoms with van der Waals surface area (Å²) in [7, 11) is 0. The number of aryl methyl sites for hydroxylation is 1. The van der Waals surface area contributed by atoms with E-state index in [4.69, 9.17) is 23.4 Å². The highest BCUT2D eigenvalue weighted by atomic mass is 16.6. The quantitative estimate of drug-likeness (QED) is 0.0307. The van der Waals surface area contributed by atoms with E-state index in [-0.39, 0.29) is 78.3 Å². The lowest BCUT2D eigenvalue weighted by molar-refractivity contribution is -0.190. The van der Waals surface area contributed by atoms with Crippen molar-refractivity contribution in [2.45, 2.75) is 114 Å². The van der Waals surface area contributed by atoms with Crippen molar-refractivity contribution in [2.24, 2.45) is 5.92 Å². The second kappa shape index (κ2) is 20.1. The number of hydrogen-bond donors (Lipinski definition) is 3. The molecule has 11 nitrogen and oxygen atoms in total. The van der Waals surface area contributed by atoms with E-state index in [9.17, 15) is 24.9 Å². The molecule has 0 amide bonds. The average Bonchev–Trinajstić information content (AvgIpc) is 3.32. The van der Waals surface area contributed by atoms with Crippen molar-refractivity contribution < 1.29 is 48.3 Å². The molecule has 352 valence electrons. The van der Waals surface area contributed by atoms with Gasteiger partial charge in [0.2, 0.25) is 0 Å². The lowest BCUT2D eigenvalue weighted by Gasteiger charge is -2.45. The van der Waals surface area contributed by atoms with Crippen LogP contribution in [0.3, 0.4) is 0 Å². The second-order valence-corrected chi connectivity index (χ2v) is 19.0. The summed E-state index contributed by atoms with van der Waals surface area (Å²) in [6.07, 6.45) is 4.96. The maximum atomic E-state index is 15.1. The standard InChI is InChI=1S/C57H58O11/c1-34(2)43-18-15-36-16-19-44-40(27-36)13-7-8-24-57(3)54(67-55(43)62)53(51-48(68-57)22-21-46-47(31-59)50(56(63)66-52(46)51)41(23-25-58)32-64-33-60)65-49(61)30-42-29-39(17-20-45(42)44)38-14-9-12-37(28-38)26-35-10-5-4-6-11-35/h4-6,9-12,14,16-17,19-22,27-28,39,41-42,45,53-54,58-60H,13,15,18,23-26,29-33H2,1-3H3. The molecule has 4 aliphatic rings. The summed E-state index contributed by atoms with van der Waals surface area (Å²) >= 11 is 0. The van der Waals surface area contributed by atoms with Crippen molar-refractivity contribution in [3.63, 3.8) is 0 Å². The van der Waals surface area contributed by atoms with Gasteiger partial charge in [0.25, 0.3) is 0 Å². The first kappa shape index (κ1) is 46.8. The molecular weight excluding hydrogens is 861 g/mol.